The van der Waals surface area contributed by atoms with Crippen LogP contribution >= 0.6 is 0 Å². The Morgan fingerprint density at radius 1 is 1.07 bits per heavy atom. The summed E-state index contributed by atoms with van der Waals surface area (Å²) in [7, 11) is 0. The Labute approximate surface area is 168 Å². The molecule has 3 heterocycles. The minimum Gasteiger partial charge on any atom is -0.507 e. The second-order valence-electron chi connectivity index (χ2n) is 6.85. The summed E-state index contributed by atoms with van der Waals surface area (Å²) in [5.74, 6) is -1.18. The van der Waals surface area contributed by atoms with Crippen molar-refractivity contribution in [3.8, 4) is 0 Å². The minimum atomic E-state index is -0.802. The van der Waals surface area contributed by atoms with Gasteiger partial charge < -0.3 is 14.4 Å². The summed E-state index contributed by atoms with van der Waals surface area (Å²) >= 11 is 0. The molecule has 6 heteroatoms. The van der Waals surface area contributed by atoms with Gasteiger partial charge in [-0.1, -0.05) is 31.2 Å². The number of furan rings is 1. The minimum absolute atomic E-state index is 0.0308. The number of ketones is 1. The fourth-order valence-corrected chi connectivity index (χ4v) is 3.52. The molecule has 0 bridgehead atoms. The number of aliphatic hydroxyl groups excluding tert-OH is 1. The molecule has 0 radical (unpaired) electrons. The Balaban J connectivity index is 1.81. The van der Waals surface area contributed by atoms with E-state index in [1.807, 2.05) is 19.1 Å². The van der Waals surface area contributed by atoms with Crippen LogP contribution in [0, 0.1) is 0 Å². The van der Waals surface area contributed by atoms with E-state index < -0.39 is 17.7 Å². The average molecular weight is 388 g/mol. The lowest BCUT2D eigenvalue weighted by atomic mass is 9.98. The number of pyridine rings is 1. The van der Waals surface area contributed by atoms with Crippen LogP contribution in [0.15, 0.2) is 77.2 Å². The van der Waals surface area contributed by atoms with Gasteiger partial charge in [0.1, 0.15) is 17.6 Å². The van der Waals surface area contributed by atoms with Crippen LogP contribution in [0.5, 0.6) is 0 Å². The normalized spacial score (nSPS) is 18.4. The van der Waals surface area contributed by atoms with Crippen molar-refractivity contribution in [2.45, 2.75) is 25.9 Å². The summed E-state index contributed by atoms with van der Waals surface area (Å²) in [6.45, 7) is 2.24. The first-order chi connectivity index (χ1) is 14.1. The molecule has 1 atom stereocenters. The summed E-state index contributed by atoms with van der Waals surface area (Å²) < 4.78 is 5.53. The number of carbonyl (C=O) groups is 2. The standard InChI is InChI=1S/C23H20N2O4/c1-2-15-5-7-17(8-6-15)21(26)19-20(18-4-3-13-29-18)25(23(28)22(19)27)14-16-9-11-24-12-10-16/h3-13,20,26H,2,14H2,1H3/b21-19-. The van der Waals surface area contributed by atoms with E-state index in [1.54, 1.807) is 48.8 Å². The van der Waals surface area contributed by atoms with Crippen LogP contribution in [-0.2, 0) is 22.6 Å². The number of amides is 1. The van der Waals surface area contributed by atoms with Crippen LogP contribution in [0.1, 0.15) is 35.4 Å². The molecule has 146 valence electrons. The van der Waals surface area contributed by atoms with Crippen molar-refractivity contribution in [1.82, 2.24) is 9.88 Å². The molecule has 2 aromatic heterocycles. The highest BCUT2D eigenvalue weighted by atomic mass is 16.3. The second-order valence-corrected chi connectivity index (χ2v) is 6.85. The Hall–Kier alpha value is -3.67. The average Bonchev–Trinajstić information content (AvgIpc) is 3.37. The number of hydrogen-bond acceptors (Lipinski definition) is 5. The second kappa shape index (κ2) is 7.75. The third kappa shape index (κ3) is 3.45. The van der Waals surface area contributed by atoms with E-state index >= 15 is 0 Å². The molecule has 0 saturated carbocycles. The largest absolute Gasteiger partial charge is 0.507 e. The number of benzene rings is 1. The van der Waals surface area contributed by atoms with Gasteiger partial charge in [-0.15, -0.1) is 0 Å². The van der Waals surface area contributed by atoms with Crippen LogP contribution in [0.2, 0.25) is 0 Å². The van der Waals surface area contributed by atoms with Gasteiger partial charge >= 0.3 is 0 Å². The van der Waals surface area contributed by atoms with Gasteiger partial charge in [-0.3, -0.25) is 14.6 Å². The molecule has 6 nitrogen and oxygen atoms in total. The third-order valence-corrected chi connectivity index (χ3v) is 5.09. The molecular weight excluding hydrogens is 368 g/mol. The molecular formula is C23H20N2O4. The van der Waals surface area contributed by atoms with Gasteiger partial charge in [0.25, 0.3) is 11.7 Å². The summed E-state index contributed by atoms with van der Waals surface area (Å²) in [6.07, 6.45) is 5.61. The highest BCUT2D eigenvalue weighted by Gasteiger charge is 2.47. The zero-order valence-electron chi connectivity index (χ0n) is 15.9. The van der Waals surface area contributed by atoms with E-state index in [9.17, 15) is 14.7 Å². The van der Waals surface area contributed by atoms with Gasteiger partial charge in [-0.25, -0.2) is 0 Å². The number of Topliss-reactive ketones (excluding diaryl/α,β-unsaturated/α-hetero) is 1. The van der Waals surface area contributed by atoms with Gasteiger partial charge in [0.15, 0.2) is 0 Å². The van der Waals surface area contributed by atoms with Crippen molar-refractivity contribution in [2.24, 2.45) is 0 Å². The quantitative estimate of drug-likeness (QED) is 0.408. The van der Waals surface area contributed by atoms with Crippen molar-refractivity contribution in [1.29, 1.82) is 0 Å². The van der Waals surface area contributed by atoms with E-state index in [1.165, 1.54) is 11.2 Å². The molecule has 0 aliphatic carbocycles. The van der Waals surface area contributed by atoms with Crippen molar-refractivity contribution in [2.75, 3.05) is 0 Å². The first-order valence-electron chi connectivity index (χ1n) is 9.40. The maximum atomic E-state index is 12.9. The van der Waals surface area contributed by atoms with Crippen molar-refractivity contribution >= 4 is 17.4 Å². The Morgan fingerprint density at radius 2 is 1.79 bits per heavy atom. The van der Waals surface area contributed by atoms with E-state index in [2.05, 4.69) is 4.98 Å². The highest BCUT2D eigenvalue weighted by Crippen LogP contribution is 2.40. The number of rotatable bonds is 5. The topological polar surface area (TPSA) is 83.6 Å². The van der Waals surface area contributed by atoms with Gasteiger partial charge in [0, 0.05) is 24.5 Å². The lowest BCUT2D eigenvalue weighted by Gasteiger charge is -2.23. The Kier molecular flexibility index (Phi) is 4.99. The smallest absolute Gasteiger partial charge is 0.296 e. The van der Waals surface area contributed by atoms with Crippen LogP contribution in [0.3, 0.4) is 0 Å². The first-order valence-corrected chi connectivity index (χ1v) is 9.40. The van der Waals surface area contributed by atoms with Gasteiger partial charge in [-0.05, 0) is 41.8 Å². The highest BCUT2D eigenvalue weighted by molar-refractivity contribution is 6.46. The molecule has 1 fully saturated rings. The van der Waals surface area contributed by atoms with Gasteiger partial charge in [-0.2, -0.15) is 0 Å². The molecule has 3 aromatic rings. The molecule has 1 amide bonds. The molecule has 1 saturated heterocycles. The van der Waals surface area contributed by atoms with Crippen molar-refractivity contribution in [3.05, 3.63) is 95.2 Å². The predicted molar refractivity (Wildman–Crippen MR) is 107 cm³/mol. The zero-order chi connectivity index (χ0) is 20.4. The van der Waals surface area contributed by atoms with Crippen LogP contribution in [0.25, 0.3) is 5.76 Å². The zero-order valence-corrected chi connectivity index (χ0v) is 15.9. The number of aromatic nitrogens is 1. The predicted octanol–water partition coefficient (Wildman–Crippen LogP) is 3.86. The summed E-state index contributed by atoms with van der Waals surface area (Å²) in [6, 6.07) is 13.4. The van der Waals surface area contributed by atoms with Crippen molar-refractivity contribution < 1.29 is 19.1 Å². The van der Waals surface area contributed by atoms with Crippen LogP contribution in [-0.4, -0.2) is 26.7 Å². The molecule has 29 heavy (non-hydrogen) atoms. The number of likely N-dealkylation sites (tertiary alicyclic amines) is 1. The Morgan fingerprint density at radius 3 is 2.41 bits per heavy atom. The lowest BCUT2D eigenvalue weighted by Crippen LogP contribution is -2.29. The summed E-state index contributed by atoms with van der Waals surface area (Å²) in [4.78, 5) is 31.1. The molecule has 1 aromatic carbocycles. The lowest BCUT2D eigenvalue weighted by molar-refractivity contribution is -0.140. The fourth-order valence-electron chi connectivity index (χ4n) is 3.52. The first kappa shape index (κ1) is 18.7. The monoisotopic (exact) mass is 388 g/mol. The molecule has 0 spiro atoms. The number of aryl methyl sites for hydroxylation is 1. The molecule has 1 unspecified atom stereocenters. The number of aliphatic hydroxyl groups is 1. The number of nitrogens with zero attached hydrogens (tertiary/aromatic N) is 2. The third-order valence-electron chi connectivity index (χ3n) is 5.09. The van der Waals surface area contributed by atoms with E-state index in [0.29, 0.717) is 11.3 Å². The molecule has 4 rings (SSSR count). The van der Waals surface area contributed by atoms with Crippen LogP contribution < -0.4 is 0 Å². The van der Waals surface area contributed by atoms with Crippen molar-refractivity contribution in [3.63, 3.8) is 0 Å². The van der Waals surface area contributed by atoms with Gasteiger partial charge in [0.05, 0.1) is 11.8 Å². The molecule has 1 N–H and O–H groups in total. The van der Waals surface area contributed by atoms with Gasteiger partial charge in [0.2, 0.25) is 0 Å². The number of carbonyl (C=O) groups excluding carboxylic acids is 2. The fraction of sp³-hybridized carbons (Fsp3) is 0.174. The maximum absolute atomic E-state index is 12.9. The number of hydrogen-bond donors (Lipinski definition) is 1. The van der Waals surface area contributed by atoms with E-state index in [4.69, 9.17) is 4.42 Å². The summed E-state index contributed by atoms with van der Waals surface area (Å²) in [5.41, 5.74) is 2.46. The van der Waals surface area contributed by atoms with E-state index in [-0.39, 0.29) is 17.9 Å². The van der Waals surface area contributed by atoms with Crippen LogP contribution in [0.4, 0.5) is 0 Å². The maximum Gasteiger partial charge on any atom is 0.296 e. The van der Waals surface area contributed by atoms with E-state index in [0.717, 1.165) is 17.5 Å². The molecule has 1 aliphatic heterocycles. The summed E-state index contributed by atoms with van der Waals surface area (Å²) in [5, 5.41) is 11.0. The Bertz CT molecular complexity index is 1050. The SMILES string of the molecule is CCc1ccc(/C(O)=C2/C(=O)C(=O)N(Cc3ccncc3)C2c2ccco2)cc1. The molecule has 1 aliphatic rings.